The molecule has 0 bridgehead atoms. The van der Waals surface area contributed by atoms with Crippen molar-refractivity contribution >= 4 is 0 Å². The summed E-state index contributed by atoms with van der Waals surface area (Å²) in [6.45, 7) is 3.65. The molecule has 5 heteroatoms. The van der Waals surface area contributed by atoms with Crippen molar-refractivity contribution < 1.29 is 22.3 Å². The van der Waals surface area contributed by atoms with Gasteiger partial charge in [0.2, 0.25) is 5.82 Å². The third kappa shape index (κ3) is 4.27. The van der Waals surface area contributed by atoms with Crippen molar-refractivity contribution in [2.45, 2.75) is 20.3 Å². The van der Waals surface area contributed by atoms with Gasteiger partial charge in [-0.3, -0.25) is 0 Å². The molecule has 0 radical (unpaired) electrons. The lowest BCUT2D eigenvalue weighted by atomic mass is 10.0. The van der Waals surface area contributed by atoms with Crippen molar-refractivity contribution in [2.75, 3.05) is 6.61 Å². The average molecular weight is 398 g/mol. The molecule has 3 aromatic rings. The van der Waals surface area contributed by atoms with Gasteiger partial charge in [0.15, 0.2) is 23.2 Å². The van der Waals surface area contributed by atoms with Crippen LogP contribution in [0.2, 0.25) is 0 Å². The number of hydrogen-bond acceptors (Lipinski definition) is 1. The van der Waals surface area contributed by atoms with Crippen LogP contribution in [0.1, 0.15) is 30.5 Å². The van der Waals surface area contributed by atoms with Crippen molar-refractivity contribution in [3.8, 4) is 28.7 Å². The Morgan fingerprint density at radius 2 is 1.45 bits per heavy atom. The molecule has 0 heterocycles. The molecule has 0 atom stereocenters. The van der Waals surface area contributed by atoms with Crippen LogP contribution in [0.25, 0.3) is 11.1 Å². The highest BCUT2D eigenvalue weighted by Gasteiger charge is 2.15. The minimum atomic E-state index is -1.04. The monoisotopic (exact) mass is 398 g/mol. The summed E-state index contributed by atoms with van der Waals surface area (Å²) >= 11 is 0. The number of benzene rings is 3. The molecule has 0 N–H and O–H groups in total. The second-order valence-electron chi connectivity index (χ2n) is 6.25. The van der Waals surface area contributed by atoms with Crippen molar-refractivity contribution in [3.05, 3.63) is 88.5 Å². The highest BCUT2D eigenvalue weighted by molar-refractivity contribution is 5.66. The molecule has 0 aliphatic carbocycles. The highest BCUT2D eigenvalue weighted by Crippen LogP contribution is 2.30. The van der Waals surface area contributed by atoms with E-state index in [1.807, 2.05) is 0 Å². The molecule has 3 aromatic carbocycles. The van der Waals surface area contributed by atoms with E-state index < -0.39 is 23.3 Å². The van der Waals surface area contributed by atoms with Gasteiger partial charge in [0.25, 0.3) is 0 Å². The average Bonchev–Trinajstić information content (AvgIpc) is 2.73. The molecule has 3 rings (SSSR count). The van der Waals surface area contributed by atoms with Crippen molar-refractivity contribution in [1.29, 1.82) is 0 Å². The molecule has 0 spiro atoms. The maximum atomic E-state index is 14.3. The lowest BCUT2D eigenvalue weighted by molar-refractivity contribution is 0.314. The van der Waals surface area contributed by atoms with Crippen LogP contribution < -0.4 is 4.74 Å². The van der Waals surface area contributed by atoms with Gasteiger partial charge in [-0.1, -0.05) is 37.0 Å². The summed E-state index contributed by atoms with van der Waals surface area (Å²) in [6.07, 6.45) is 0.390. The van der Waals surface area contributed by atoms with E-state index in [2.05, 4.69) is 11.8 Å². The summed E-state index contributed by atoms with van der Waals surface area (Å²) in [5.74, 6) is 1.32. The van der Waals surface area contributed by atoms with E-state index >= 15 is 0 Å². The lowest BCUT2D eigenvalue weighted by Gasteiger charge is -2.09. The van der Waals surface area contributed by atoms with Gasteiger partial charge in [-0.05, 0) is 54.8 Å². The predicted molar refractivity (Wildman–Crippen MR) is 105 cm³/mol. The van der Waals surface area contributed by atoms with Gasteiger partial charge < -0.3 is 4.74 Å². The lowest BCUT2D eigenvalue weighted by Crippen LogP contribution is -1.98. The maximum absolute atomic E-state index is 14.3. The smallest absolute Gasteiger partial charge is 0.201 e. The Kier molecular flexibility index (Phi) is 6.23. The third-order valence-corrected chi connectivity index (χ3v) is 4.43. The third-order valence-electron chi connectivity index (χ3n) is 4.43. The molecule has 148 valence electrons. The maximum Gasteiger partial charge on any atom is 0.201 e. The van der Waals surface area contributed by atoms with E-state index in [1.54, 1.807) is 38.1 Å². The fourth-order valence-electron chi connectivity index (χ4n) is 2.85. The van der Waals surface area contributed by atoms with Crippen LogP contribution in [-0.2, 0) is 6.42 Å². The molecule has 0 amide bonds. The molecule has 0 unspecified atom stereocenters. The van der Waals surface area contributed by atoms with Crippen LogP contribution in [-0.4, -0.2) is 6.61 Å². The van der Waals surface area contributed by atoms with E-state index in [4.69, 9.17) is 4.74 Å². The fraction of sp³-hybridized carbons (Fsp3) is 0.167. The van der Waals surface area contributed by atoms with Crippen LogP contribution in [0.4, 0.5) is 17.6 Å². The van der Waals surface area contributed by atoms with E-state index in [0.29, 0.717) is 23.1 Å². The quantitative estimate of drug-likeness (QED) is 0.372. The molecule has 0 aliphatic heterocycles. The number of ether oxygens (including phenoxy) is 1. The molecule has 29 heavy (non-hydrogen) atoms. The van der Waals surface area contributed by atoms with Gasteiger partial charge in [0.05, 0.1) is 12.2 Å². The Balaban J connectivity index is 1.87. The van der Waals surface area contributed by atoms with Gasteiger partial charge in [-0.15, -0.1) is 0 Å². The largest absolute Gasteiger partial charge is 0.491 e. The Bertz CT molecular complexity index is 1090. The van der Waals surface area contributed by atoms with Crippen LogP contribution in [0, 0.1) is 35.1 Å². The van der Waals surface area contributed by atoms with Crippen molar-refractivity contribution in [3.63, 3.8) is 0 Å². The second-order valence-corrected chi connectivity index (χ2v) is 6.25. The Morgan fingerprint density at radius 3 is 2.10 bits per heavy atom. The standard InChI is InChI=1S/C24H18F4O/c1-3-16-11-12-18(22(26)21(16)25)10-7-15-5-8-17(9-6-15)19-13-14-20(29-4-2)24(28)23(19)27/h5-6,8-9,11-14H,3-4H2,1-2H3. The number of hydrogen-bond donors (Lipinski definition) is 0. The zero-order chi connectivity index (χ0) is 21.0. The molecular formula is C24H18F4O. The van der Waals surface area contributed by atoms with E-state index in [-0.39, 0.29) is 23.5 Å². The first-order valence-electron chi connectivity index (χ1n) is 9.16. The van der Waals surface area contributed by atoms with E-state index in [9.17, 15) is 17.6 Å². The fourth-order valence-corrected chi connectivity index (χ4v) is 2.85. The topological polar surface area (TPSA) is 9.23 Å². The van der Waals surface area contributed by atoms with Crippen LogP contribution in [0.3, 0.4) is 0 Å². The first-order valence-corrected chi connectivity index (χ1v) is 9.16. The molecule has 0 saturated heterocycles. The van der Waals surface area contributed by atoms with Gasteiger partial charge in [-0.2, -0.15) is 4.39 Å². The van der Waals surface area contributed by atoms with Crippen LogP contribution >= 0.6 is 0 Å². The molecule has 0 fully saturated rings. The Hall–Kier alpha value is -3.26. The number of rotatable bonds is 4. The Labute approximate surface area is 167 Å². The van der Waals surface area contributed by atoms with E-state index in [0.717, 1.165) is 0 Å². The first-order chi connectivity index (χ1) is 14.0. The SMILES string of the molecule is CCOc1ccc(-c2ccc(C#Cc3ccc(CC)c(F)c3F)cc2)c(F)c1F. The van der Waals surface area contributed by atoms with Crippen LogP contribution in [0.15, 0.2) is 48.5 Å². The minimum absolute atomic E-state index is 0.0385. The van der Waals surface area contributed by atoms with Crippen molar-refractivity contribution in [1.82, 2.24) is 0 Å². The molecule has 0 saturated carbocycles. The van der Waals surface area contributed by atoms with Gasteiger partial charge >= 0.3 is 0 Å². The highest BCUT2D eigenvalue weighted by atomic mass is 19.2. The first kappa shape index (κ1) is 20.5. The zero-order valence-electron chi connectivity index (χ0n) is 16.0. The molecular weight excluding hydrogens is 380 g/mol. The summed E-state index contributed by atoms with van der Waals surface area (Å²) in [5.41, 5.74) is 1.33. The predicted octanol–water partition coefficient (Wildman–Crippen LogP) is 6.27. The summed E-state index contributed by atoms with van der Waals surface area (Å²) in [7, 11) is 0. The normalized spacial score (nSPS) is 10.4. The van der Waals surface area contributed by atoms with Gasteiger partial charge in [-0.25, -0.2) is 13.2 Å². The summed E-state index contributed by atoms with van der Waals surface area (Å²) in [6, 6.07) is 12.1. The minimum Gasteiger partial charge on any atom is -0.491 e. The summed E-state index contributed by atoms with van der Waals surface area (Å²) in [4.78, 5) is 0. The molecule has 0 aromatic heterocycles. The van der Waals surface area contributed by atoms with Gasteiger partial charge in [0, 0.05) is 11.1 Å². The van der Waals surface area contributed by atoms with Crippen molar-refractivity contribution in [2.24, 2.45) is 0 Å². The van der Waals surface area contributed by atoms with Gasteiger partial charge in [0.1, 0.15) is 0 Å². The van der Waals surface area contributed by atoms with E-state index in [1.165, 1.54) is 24.3 Å². The Morgan fingerprint density at radius 1 is 0.724 bits per heavy atom. The summed E-state index contributed by atoms with van der Waals surface area (Å²) in [5, 5.41) is 0. The van der Waals surface area contributed by atoms with Crippen LogP contribution in [0.5, 0.6) is 5.75 Å². The molecule has 1 nitrogen and oxygen atoms in total. The molecule has 0 aliphatic rings. The zero-order valence-corrected chi connectivity index (χ0v) is 16.0. The summed E-state index contributed by atoms with van der Waals surface area (Å²) < 4.78 is 61.3. The number of aryl methyl sites for hydroxylation is 1. The number of halogens is 4. The second kappa shape index (κ2) is 8.83.